The molecule has 0 fully saturated rings. The van der Waals surface area contributed by atoms with Crippen LogP contribution in [0, 0.1) is 0 Å². The van der Waals surface area contributed by atoms with Gasteiger partial charge in [0, 0.05) is 6.42 Å². The van der Waals surface area contributed by atoms with Gasteiger partial charge >= 0.3 is 6.18 Å². The third-order valence-corrected chi connectivity index (χ3v) is 2.55. The number of halogens is 3. The van der Waals surface area contributed by atoms with Crippen LogP contribution in [-0.4, -0.2) is 6.29 Å². The number of hydrogen-bond acceptors (Lipinski definition) is 1. The number of rotatable bonds is 2. The third-order valence-electron chi connectivity index (χ3n) is 2.55. The largest absolute Gasteiger partial charge is 0.416 e. The van der Waals surface area contributed by atoms with Crippen LogP contribution in [0.3, 0.4) is 0 Å². The molecule has 2 aromatic carbocycles. The van der Waals surface area contributed by atoms with Crippen LogP contribution in [0.5, 0.6) is 0 Å². The fourth-order valence-electron chi connectivity index (χ4n) is 1.70. The minimum absolute atomic E-state index is 0.214. The molecule has 0 radical (unpaired) electrons. The van der Waals surface area contributed by atoms with E-state index in [0.29, 0.717) is 10.9 Å². The van der Waals surface area contributed by atoms with Gasteiger partial charge in [0.25, 0.3) is 0 Å². The Morgan fingerprint density at radius 3 is 2.35 bits per heavy atom. The first-order valence-electron chi connectivity index (χ1n) is 5.04. The molecule has 0 aliphatic heterocycles. The molecule has 2 aromatic rings. The quantitative estimate of drug-likeness (QED) is 0.730. The molecule has 0 N–H and O–H groups in total. The number of alkyl halides is 3. The molecule has 0 saturated heterocycles. The van der Waals surface area contributed by atoms with Crippen LogP contribution >= 0.6 is 0 Å². The van der Waals surface area contributed by atoms with Gasteiger partial charge in [-0.05, 0) is 28.5 Å². The van der Waals surface area contributed by atoms with Gasteiger partial charge in [-0.1, -0.05) is 24.3 Å². The molecule has 0 spiro atoms. The fourth-order valence-corrected chi connectivity index (χ4v) is 1.70. The predicted octanol–water partition coefficient (Wildman–Crippen LogP) is 3.60. The van der Waals surface area contributed by atoms with Crippen molar-refractivity contribution in [2.45, 2.75) is 12.6 Å². The average Bonchev–Trinajstić information content (AvgIpc) is 2.27. The Balaban J connectivity index is 2.54. The topological polar surface area (TPSA) is 17.1 Å². The molecule has 4 heteroatoms. The maximum atomic E-state index is 12.5. The van der Waals surface area contributed by atoms with Crippen molar-refractivity contribution in [2.75, 3.05) is 0 Å². The van der Waals surface area contributed by atoms with E-state index in [1.165, 1.54) is 6.07 Å². The highest BCUT2D eigenvalue weighted by Crippen LogP contribution is 2.31. The minimum Gasteiger partial charge on any atom is -0.303 e. The lowest BCUT2D eigenvalue weighted by atomic mass is 10.0. The van der Waals surface area contributed by atoms with Crippen LogP contribution in [0.1, 0.15) is 11.1 Å². The second-order valence-corrected chi connectivity index (χ2v) is 3.76. The second-order valence-electron chi connectivity index (χ2n) is 3.76. The summed E-state index contributed by atoms with van der Waals surface area (Å²) in [6.07, 6.45) is -3.39. The van der Waals surface area contributed by atoms with Gasteiger partial charge in [0.1, 0.15) is 6.29 Å². The van der Waals surface area contributed by atoms with E-state index in [9.17, 15) is 18.0 Å². The second kappa shape index (κ2) is 4.20. The zero-order valence-corrected chi connectivity index (χ0v) is 8.79. The minimum atomic E-state index is -4.34. The van der Waals surface area contributed by atoms with Crippen LogP contribution in [0.25, 0.3) is 10.8 Å². The Labute approximate surface area is 95.9 Å². The maximum absolute atomic E-state index is 12.5. The standard InChI is InChI=1S/C13H9F3O/c14-13(15,16)12-4-3-10-2-1-9(5-6-17)7-11(10)8-12/h1-4,6-8H,5H2. The van der Waals surface area contributed by atoms with Crippen molar-refractivity contribution < 1.29 is 18.0 Å². The molecule has 0 aliphatic rings. The third kappa shape index (κ3) is 2.46. The summed E-state index contributed by atoms with van der Waals surface area (Å²) < 4.78 is 37.5. The normalized spacial score (nSPS) is 11.7. The predicted molar refractivity (Wildman–Crippen MR) is 58.7 cm³/mol. The molecule has 0 bridgehead atoms. The Kier molecular flexibility index (Phi) is 2.88. The summed E-state index contributed by atoms with van der Waals surface area (Å²) in [6, 6.07) is 8.66. The number of carbonyl (C=O) groups is 1. The van der Waals surface area contributed by atoms with Crippen molar-refractivity contribution in [3.8, 4) is 0 Å². The molecule has 0 heterocycles. The van der Waals surface area contributed by atoms with E-state index in [0.717, 1.165) is 23.8 Å². The molecule has 17 heavy (non-hydrogen) atoms. The highest BCUT2D eigenvalue weighted by atomic mass is 19.4. The molecule has 1 nitrogen and oxygen atoms in total. The van der Waals surface area contributed by atoms with Crippen molar-refractivity contribution in [1.82, 2.24) is 0 Å². The van der Waals surface area contributed by atoms with Gasteiger partial charge in [-0.2, -0.15) is 13.2 Å². The van der Waals surface area contributed by atoms with Crippen molar-refractivity contribution >= 4 is 17.1 Å². The molecule has 88 valence electrons. The summed E-state index contributed by atoms with van der Waals surface area (Å²) in [6.45, 7) is 0. The molecule has 0 atom stereocenters. The van der Waals surface area contributed by atoms with Crippen LogP contribution in [0.4, 0.5) is 13.2 Å². The van der Waals surface area contributed by atoms with Crippen molar-refractivity contribution in [1.29, 1.82) is 0 Å². The number of benzene rings is 2. The van der Waals surface area contributed by atoms with E-state index in [2.05, 4.69) is 0 Å². The molecule has 2 rings (SSSR count). The van der Waals surface area contributed by atoms with E-state index in [1.807, 2.05) is 0 Å². The zero-order chi connectivity index (χ0) is 12.5. The molecule has 0 aromatic heterocycles. The molecule has 0 amide bonds. The van der Waals surface area contributed by atoms with Gasteiger partial charge in [0.15, 0.2) is 0 Å². The first-order chi connectivity index (χ1) is 8.00. The monoisotopic (exact) mass is 238 g/mol. The van der Waals surface area contributed by atoms with Gasteiger partial charge < -0.3 is 4.79 Å². The molecule has 0 unspecified atom stereocenters. The summed E-state index contributed by atoms with van der Waals surface area (Å²) in [5.74, 6) is 0. The number of hydrogen-bond donors (Lipinski definition) is 0. The molecular formula is C13H9F3O. The van der Waals surface area contributed by atoms with Crippen LogP contribution < -0.4 is 0 Å². The molecule has 0 saturated carbocycles. The smallest absolute Gasteiger partial charge is 0.303 e. The van der Waals surface area contributed by atoms with Crippen molar-refractivity contribution in [3.63, 3.8) is 0 Å². The number of aldehydes is 1. The Morgan fingerprint density at radius 2 is 1.71 bits per heavy atom. The van der Waals surface area contributed by atoms with E-state index in [1.54, 1.807) is 18.2 Å². The highest BCUT2D eigenvalue weighted by Gasteiger charge is 2.30. The molecular weight excluding hydrogens is 229 g/mol. The van der Waals surface area contributed by atoms with Crippen LogP contribution in [-0.2, 0) is 17.4 Å². The Hall–Kier alpha value is -1.84. The van der Waals surface area contributed by atoms with Gasteiger partial charge in [0.2, 0.25) is 0 Å². The average molecular weight is 238 g/mol. The number of carbonyl (C=O) groups excluding carboxylic acids is 1. The summed E-state index contributed by atoms with van der Waals surface area (Å²) >= 11 is 0. The van der Waals surface area contributed by atoms with Crippen LogP contribution in [0.15, 0.2) is 36.4 Å². The Bertz CT molecular complexity index is 558. The zero-order valence-electron chi connectivity index (χ0n) is 8.79. The lowest BCUT2D eigenvalue weighted by Gasteiger charge is -2.08. The SMILES string of the molecule is O=CCc1ccc2ccc(C(F)(F)F)cc2c1. The highest BCUT2D eigenvalue weighted by molar-refractivity contribution is 5.84. The van der Waals surface area contributed by atoms with Gasteiger partial charge in [-0.25, -0.2) is 0 Å². The lowest BCUT2D eigenvalue weighted by Crippen LogP contribution is -2.04. The van der Waals surface area contributed by atoms with Gasteiger partial charge in [0.05, 0.1) is 5.56 Å². The molecule has 0 aliphatic carbocycles. The number of fused-ring (bicyclic) bond motifs is 1. The maximum Gasteiger partial charge on any atom is 0.416 e. The fraction of sp³-hybridized carbons (Fsp3) is 0.154. The van der Waals surface area contributed by atoms with Crippen molar-refractivity contribution in [3.05, 3.63) is 47.5 Å². The Morgan fingerprint density at radius 1 is 1.00 bits per heavy atom. The summed E-state index contributed by atoms with van der Waals surface area (Å²) in [4.78, 5) is 10.4. The van der Waals surface area contributed by atoms with E-state index >= 15 is 0 Å². The van der Waals surface area contributed by atoms with Crippen molar-refractivity contribution in [2.24, 2.45) is 0 Å². The first-order valence-corrected chi connectivity index (χ1v) is 5.04. The summed E-state index contributed by atoms with van der Waals surface area (Å²) in [5, 5.41) is 1.23. The van der Waals surface area contributed by atoms with E-state index in [-0.39, 0.29) is 6.42 Å². The first kappa shape index (κ1) is 11.6. The van der Waals surface area contributed by atoms with E-state index < -0.39 is 11.7 Å². The lowest BCUT2D eigenvalue weighted by molar-refractivity contribution is -0.137. The van der Waals surface area contributed by atoms with Crippen LogP contribution in [0.2, 0.25) is 0 Å². The van der Waals surface area contributed by atoms with Gasteiger partial charge in [-0.3, -0.25) is 0 Å². The van der Waals surface area contributed by atoms with E-state index in [4.69, 9.17) is 0 Å². The van der Waals surface area contributed by atoms with Gasteiger partial charge in [-0.15, -0.1) is 0 Å². The summed E-state index contributed by atoms with van der Waals surface area (Å²) in [7, 11) is 0. The summed E-state index contributed by atoms with van der Waals surface area (Å²) in [5.41, 5.74) is 0.0417.